The number of sulfonamides is 1. The lowest BCUT2D eigenvalue weighted by Gasteiger charge is -2.41. The Bertz CT molecular complexity index is 1180. The largest absolute Gasteiger partial charge is 0.478 e. The molecular formula is C22H22FNO5S2. The number of aromatic carboxylic acids is 1. The Morgan fingerprint density at radius 2 is 1.74 bits per heavy atom. The lowest BCUT2D eigenvalue weighted by atomic mass is 9.70. The summed E-state index contributed by atoms with van der Waals surface area (Å²) in [4.78, 5) is 11.7. The van der Waals surface area contributed by atoms with Crippen LogP contribution in [-0.2, 0) is 26.2 Å². The summed E-state index contributed by atoms with van der Waals surface area (Å²) in [6, 6.07) is 9.03. The van der Waals surface area contributed by atoms with Crippen LogP contribution in [0.5, 0.6) is 0 Å². The Balaban J connectivity index is 1.73. The number of carboxylic acids is 1. The van der Waals surface area contributed by atoms with E-state index in [2.05, 4.69) is 0 Å². The van der Waals surface area contributed by atoms with E-state index in [1.165, 1.54) is 22.5 Å². The van der Waals surface area contributed by atoms with Gasteiger partial charge in [-0.1, -0.05) is 0 Å². The molecule has 2 heterocycles. The molecule has 5 rings (SSSR count). The van der Waals surface area contributed by atoms with Crippen LogP contribution in [0.1, 0.15) is 41.6 Å². The molecule has 1 atom stereocenters. The third-order valence-electron chi connectivity index (χ3n) is 6.83. The average molecular weight is 464 g/mol. The van der Waals surface area contributed by atoms with E-state index in [0.717, 1.165) is 25.0 Å². The number of nitrogens with zero attached hydrogens (tertiary/aromatic N) is 1. The highest BCUT2D eigenvalue weighted by Crippen LogP contribution is 2.59. The molecule has 0 bridgehead atoms. The van der Waals surface area contributed by atoms with Crippen LogP contribution in [0, 0.1) is 11.7 Å². The predicted molar refractivity (Wildman–Crippen MR) is 115 cm³/mol. The first-order valence-corrected chi connectivity index (χ1v) is 13.2. The van der Waals surface area contributed by atoms with Crippen LogP contribution in [0.25, 0.3) is 0 Å². The van der Waals surface area contributed by atoms with Gasteiger partial charge in [0.25, 0.3) is 10.0 Å². The minimum Gasteiger partial charge on any atom is -0.478 e. The van der Waals surface area contributed by atoms with Gasteiger partial charge in [0.15, 0.2) is 0 Å². The van der Waals surface area contributed by atoms with E-state index in [1.54, 1.807) is 12.1 Å². The molecule has 0 amide bonds. The Labute approximate surface area is 182 Å². The van der Waals surface area contributed by atoms with Gasteiger partial charge in [0.1, 0.15) is 5.82 Å². The van der Waals surface area contributed by atoms with Gasteiger partial charge in [0.2, 0.25) is 0 Å². The summed E-state index contributed by atoms with van der Waals surface area (Å²) in [5, 5.41) is 9.55. The summed E-state index contributed by atoms with van der Waals surface area (Å²) in [5.41, 5.74) is 0.745. The van der Waals surface area contributed by atoms with E-state index in [1.807, 2.05) is 0 Å². The molecule has 3 aliphatic rings. The van der Waals surface area contributed by atoms with Crippen LogP contribution >= 0.6 is 0 Å². The molecule has 31 heavy (non-hydrogen) atoms. The molecule has 164 valence electrons. The third-order valence-corrected chi connectivity index (χ3v) is 9.96. The first-order chi connectivity index (χ1) is 14.7. The number of anilines is 1. The molecule has 1 unspecified atom stereocenters. The molecule has 1 saturated heterocycles. The molecule has 0 aromatic heterocycles. The van der Waals surface area contributed by atoms with Crippen LogP contribution in [0.4, 0.5) is 10.1 Å². The Morgan fingerprint density at radius 3 is 2.32 bits per heavy atom. The van der Waals surface area contributed by atoms with Crippen molar-refractivity contribution in [3.8, 4) is 0 Å². The van der Waals surface area contributed by atoms with Crippen molar-refractivity contribution in [3.05, 3.63) is 59.4 Å². The second kappa shape index (κ2) is 7.13. The summed E-state index contributed by atoms with van der Waals surface area (Å²) < 4.78 is 54.6. The maximum atomic E-state index is 13.8. The summed E-state index contributed by atoms with van der Waals surface area (Å²) in [5.74, 6) is -0.506. The van der Waals surface area contributed by atoms with Gasteiger partial charge in [-0.25, -0.2) is 17.6 Å². The van der Waals surface area contributed by atoms with Crippen molar-refractivity contribution in [1.82, 2.24) is 0 Å². The molecule has 2 aromatic rings. The van der Waals surface area contributed by atoms with Crippen molar-refractivity contribution >= 4 is 32.5 Å². The van der Waals surface area contributed by atoms with Crippen molar-refractivity contribution in [1.29, 1.82) is 0 Å². The zero-order valence-corrected chi connectivity index (χ0v) is 18.3. The molecule has 0 radical (unpaired) electrons. The van der Waals surface area contributed by atoms with Gasteiger partial charge in [-0.05, 0) is 79.6 Å². The van der Waals surface area contributed by atoms with Crippen LogP contribution < -0.4 is 4.31 Å². The highest BCUT2D eigenvalue weighted by Gasteiger charge is 2.60. The highest BCUT2D eigenvalue weighted by molar-refractivity contribution is 7.93. The lowest BCUT2D eigenvalue weighted by Crippen LogP contribution is -2.51. The van der Waals surface area contributed by atoms with Crippen molar-refractivity contribution in [2.45, 2.75) is 42.0 Å². The molecule has 1 N–H and O–H groups in total. The van der Waals surface area contributed by atoms with Crippen LogP contribution in [0.2, 0.25) is 0 Å². The van der Waals surface area contributed by atoms with Gasteiger partial charge in [-0.3, -0.25) is 8.51 Å². The van der Waals surface area contributed by atoms with E-state index in [9.17, 15) is 26.9 Å². The Hall–Kier alpha value is -2.26. The standard InChI is InChI=1S/C22H22FNO5S2/c23-16-4-6-17(7-5-16)31(28,29)24-19-8-3-15(21(25)26)13-18(19)22(20(24)14-1-2-14)9-11-30(27)12-10-22/h3-8,13-14,20H,1-2,9-12H2,(H,25,26). The first-order valence-electron chi connectivity index (χ1n) is 10.3. The molecule has 2 fully saturated rings. The second-order valence-electron chi connectivity index (χ2n) is 8.58. The molecule has 9 heteroatoms. The van der Waals surface area contributed by atoms with Gasteiger partial charge < -0.3 is 5.11 Å². The maximum Gasteiger partial charge on any atom is 0.335 e. The molecule has 1 aliphatic carbocycles. The quantitative estimate of drug-likeness (QED) is 0.751. The number of benzene rings is 2. The van der Waals surface area contributed by atoms with Crippen LogP contribution in [0.15, 0.2) is 47.4 Å². The third kappa shape index (κ3) is 3.20. The SMILES string of the molecule is O=C(O)c1ccc2c(c1)C1(CCS(=O)CC1)C(C1CC1)N2S(=O)(=O)c1ccc(F)cc1. The van der Waals surface area contributed by atoms with Crippen molar-refractivity contribution in [2.24, 2.45) is 5.92 Å². The molecule has 2 aliphatic heterocycles. The minimum atomic E-state index is -4.00. The van der Waals surface area contributed by atoms with Gasteiger partial charge in [0.05, 0.1) is 22.2 Å². The molecule has 2 aromatic carbocycles. The Kier molecular flexibility index (Phi) is 4.75. The average Bonchev–Trinajstić information content (AvgIpc) is 3.54. The number of carbonyl (C=O) groups is 1. The molecule has 1 spiro atoms. The van der Waals surface area contributed by atoms with Gasteiger partial charge in [0, 0.05) is 27.7 Å². The zero-order chi connectivity index (χ0) is 22.0. The van der Waals surface area contributed by atoms with Gasteiger partial charge >= 0.3 is 5.97 Å². The summed E-state index contributed by atoms with van der Waals surface area (Å²) >= 11 is 0. The highest BCUT2D eigenvalue weighted by atomic mass is 32.2. The number of hydrogen-bond acceptors (Lipinski definition) is 4. The second-order valence-corrected chi connectivity index (χ2v) is 12.1. The number of rotatable bonds is 4. The van der Waals surface area contributed by atoms with E-state index in [-0.39, 0.29) is 22.4 Å². The zero-order valence-electron chi connectivity index (χ0n) is 16.7. The fraction of sp³-hybridized carbons (Fsp3) is 0.409. The van der Waals surface area contributed by atoms with E-state index in [4.69, 9.17) is 0 Å². The fourth-order valence-electron chi connectivity index (χ4n) is 5.23. The van der Waals surface area contributed by atoms with Gasteiger partial charge in [-0.15, -0.1) is 0 Å². The molecular weight excluding hydrogens is 441 g/mol. The van der Waals surface area contributed by atoms with Crippen molar-refractivity contribution in [3.63, 3.8) is 0 Å². The monoisotopic (exact) mass is 463 g/mol. The van der Waals surface area contributed by atoms with Crippen LogP contribution in [0.3, 0.4) is 0 Å². The molecule has 6 nitrogen and oxygen atoms in total. The first kappa shape index (κ1) is 20.6. The smallest absolute Gasteiger partial charge is 0.335 e. The fourth-order valence-corrected chi connectivity index (χ4v) is 8.42. The van der Waals surface area contributed by atoms with E-state index in [0.29, 0.717) is 35.6 Å². The van der Waals surface area contributed by atoms with Gasteiger partial charge in [-0.2, -0.15) is 0 Å². The van der Waals surface area contributed by atoms with Crippen molar-refractivity contribution in [2.75, 3.05) is 15.8 Å². The minimum absolute atomic E-state index is 0.00393. The number of carboxylic acid groups (broad SMARTS) is 1. The Morgan fingerprint density at radius 1 is 1.10 bits per heavy atom. The summed E-state index contributed by atoms with van der Waals surface area (Å²) in [7, 11) is -4.96. The lowest BCUT2D eigenvalue weighted by molar-refractivity contribution is 0.0696. The number of hydrogen-bond donors (Lipinski definition) is 1. The topological polar surface area (TPSA) is 91.8 Å². The van der Waals surface area contributed by atoms with E-state index < -0.39 is 38.0 Å². The van der Waals surface area contributed by atoms with Crippen LogP contribution in [-0.4, -0.2) is 41.3 Å². The van der Waals surface area contributed by atoms with E-state index >= 15 is 0 Å². The normalized spacial score (nSPS) is 28.0. The summed E-state index contributed by atoms with van der Waals surface area (Å²) in [6.45, 7) is 0. The number of halogens is 1. The number of fused-ring (bicyclic) bond motifs is 2. The molecule has 1 saturated carbocycles. The predicted octanol–water partition coefficient (Wildman–Crippen LogP) is 3.29. The maximum absolute atomic E-state index is 13.8. The van der Waals surface area contributed by atoms with Crippen molar-refractivity contribution < 1.29 is 26.9 Å². The summed E-state index contributed by atoms with van der Waals surface area (Å²) in [6.07, 6.45) is 2.88.